The van der Waals surface area contributed by atoms with Crippen molar-refractivity contribution >= 4 is 23.0 Å². The summed E-state index contributed by atoms with van der Waals surface area (Å²) in [7, 11) is 2.05. The number of halogens is 1. The molecule has 2 nitrogen and oxygen atoms in total. The zero-order chi connectivity index (χ0) is 11.6. The van der Waals surface area contributed by atoms with E-state index in [9.17, 15) is 0 Å². The van der Waals surface area contributed by atoms with Gasteiger partial charge in [-0.1, -0.05) is 24.6 Å². The van der Waals surface area contributed by atoms with Crippen molar-refractivity contribution in [2.75, 3.05) is 17.7 Å². The molecule has 0 aliphatic heterocycles. The Hall–Kier alpha value is -0.890. The molecule has 84 valence electrons. The molecule has 3 heteroatoms. The third-order valence-corrected chi connectivity index (χ3v) is 3.49. The van der Waals surface area contributed by atoms with Crippen molar-refractivity contribution < 1.29 is 0 Å². The fraction of sp³-hybridized carbons (Fsp3) is 0.500. The second-order valence-corrected chi connectivity index (χ2v) is 4.80. The summed E-state index contributed by atoms with van der Waals surface area (Å²) < 4.78 is 0. The van der Waals surface area contributed by atoms with Gasteiger partial charge in [0.15, 0.2) is 0 Å². The van der Waals surface area contributed by atoms with Crippen LogP contribution >= 0.6 is 11.6 Å². The molecular formula is C12H19ClN2. The number of hydrogen-bond acceptors (Lipinski definition) is 2. The SMILES string of the molecule is CCC(C)(C)N(C)c1cccc(Cl)c1N. The summed E-state index contributed by atoms with van der Waals surface area (Å²) in [4.78, 5) is 2.17. The van der Waals surface area contributed by atoms with Crippen molar-refractivity contribution in [2.45, 2.75) is 32.7 Å². The monoisotopic (exact) mass is 226 g/mol. The highest BCUT2D eigenvalue weighted by Gasteiger charge is 2.23. The van der Waals surface area contributed by atoms with Gasteiger partial charge in [-0.25, -0.2) is 0 Å². The van der Waals surface area contributed by atoms with Crippen LogP contribution in [0.2, 0.25) is 5.02 Å². The van der Waals surface area contributed by atoms with Gasteiger partial charge in [-0.2, -0.15) is 0 Å². The van der Waals surface area contributed by atoms with Gasteiger partial charge in [0.05, 0.1) is 16.4 Å². The highest BCUT2D eigenvalue weighted by molar-refractivity contribution is 6.33. The van der Waals surface area contributed by atoms with Crippen molar-refractivity contribution in [1.82, 2.24) is 0 Å². The molecule has 0 spiro atoms. The molecule has 0 aliphatic rings. The lowest BCUT2D eigenvalue weighted by Gasteiger charge is -2.37. The molecule has 15 heavy (non-hydrogen) atoms. The van der Waals surface area contributed by atoms with Gasteiger partial charge in [0.1, 0.15) is 0 Å². The van der Waals surface area contributed by atoms with Crippen LogP contribution in [0.3, 0.4) is 0 Å². The van der Waals surface area contributed by atoms with Crippen LogP contribution in [0.4, 0.5) is 11.4 Å². The van der Waals surface area contributed by atoms with Crippen molar-refractivity contribution in [1.29, 1.82) is 0 Å². The minimum Gasteiger partial charge on any atom is -0.396 e. The average Bonchev–Trinajstić information content (AvgIpc) is 2.21. The van der Waals surface area contributed by atoms with E-state index in [0.29, 0.717) is 10.7 Å². The number of nitrogen functional groups attached to an aromatic ring is 1. The Kier molecular flexibility index (Phi) is 3.50. The third kappa shape index (κ3) is 2.37. The smallest absolute Gasteiger partial charge is 0.0741 e. The van der Waals surface area contributed by atoms with Crippen molar-refractivity contribution in [3.05, 3.63) is 23.2 Å². The maximum Gasteiger partial charge on any atom is 0.0741 e. The number of hydrogen-bond donors (Lipinski definition) is 1. The molecule has 1 aromatic rings. The summed E-state index contributed by atoms with van der Waals surface area (Å²) in [5, 5.41) is 0.617. The van der Waals surface area contributed by atoms with E-state index in [0.717, 1.165) is 12.1 Å². The van der Waals surface area contributed by atoms with Crippen molar-refractivity contribution in [3.63, 3.8) is 0 Å². The summed E-state index contributed by atoms with van der Waals surface area (Å²) in [6.45, 7) is 6.54. The van der Waals surface area contributed by atoms with Crippen LogP contribution in [-0.4, -0.2) is 12.6 Å². The summed E-state index contributed by atoms with van der Waals surface area (Å²) in [6.07, 6.45) is 1.05. The van der Waals surface area contributed by atoms with E-state index in [1.807, 2.05) is 25.2 Å². The molecule has 0 bridgehead atoms. The highest BCUT2D eigenvalue weighted by Crippen LogP contribution is 2.33. The predicted molar refractivity (Wildman–Crippen MR) is 68.6 cm³/mol. The lowest BCUT2D eigenvalue weighted by molar-refractivity contribution is 0.471. The molecule has 0 saturated heterocycles. The maximum atomic E-state index is 6.00. The number of nitrogens with two attached hydrogens (primary N) is 1. The second kappa shape index (κ2) is 4.31. The first-order valence-corrected chi connectivity index (χ1v) is 5.55. The van der Waals surface area contributed by atoms with Crippen LogP contribution in [-0.2, 0) is 0 Å². The topological polar surface area (TPSA) is 29.3 Å². The molecule has 0 atom stereocenters. The summed E-state index contributed by atoms with van der Waals surface area (Å²) in [6, 6.07) is 5.74. The van der Waals surface area contributed by atoms with E-state index in [1.54, 1.807) is 0 Å². The lowest BCUT2D eigenvalue weighted by Crippen LogP contribution is -2.40. The molecule has 0 radical (unpaired) electrons. The van der Waals surface area contributed by atoms with Crippen LogP contribution < -0.4 is 10.6 Å². The number of benzene rings is 1. The molecule has 0 aliphatic carbocycles. The Morgan fingerprint density at radius 1 is 1.40 bits per heavy atom. The molecule has 2 N–H and O–H groups in total. The highest BCUT2D eigenvalue weighted by atomic mass is 35.5. The minimum atomic E-state index is 0.0821. The molecule has 1 rings (SSSR count). The summed E-state index contributed by atoms with van der Waals surface area (Å²) >= 11 is 6.00. The summed E-state index contributed by atoms with van der Waals surface area (Å²) in [5.41, 5.74) is 7.69. The van der Waals surface area contributed by atoms with Gasteiger partial charge in [0.25, 0.3) is 0 Å². The second-order valence-electron chi connectivity index (χ2n) is 4.40. The first-order valence-electron chi connectivity index (χ1n) is 5.18. The van der Waals surface area contributed by atoms with Gasteiger partial charge in [-0.15, -0.1) is 0 Å². The number of para-hydroxylation sites is 1. The van der Waals surface area contributed by atoms with Crippen LogP contribution in [0.5, 0.6) is 0 Å². The Labute approximate surface area is 97.0 Å². The van der Waals surface area contributed by atoms with Gasteiger partial charge in [0.2, 0.25) is 0 Å². The van der Waals surface area contributed by atoms with Gasteiger partial charge < -0.3 is 10.6 Å². The van der Waals surface area contributed by atoms with Crippen LogP contribution in [0.25, 0.3) is 0 Å². The fourth-order valence-electron chi connectivity index (χ4n) is 1.38. The molecule has 0 saturated carbocycles. The van der Waals surface area contributed by atoms with E-state index in [2.05, 4.69) is 25.7 Å². The molecule has 0 fully saturated rings. The van der Waals surface area contributed by atoms with Gasteiger partial charge in [-0.3, -0.25) is 0 Å². The molecule has 0 aromatic heterocycles. The van der Waals surface area contributed by atoms with Crippen molar-refractivity contribution in [3.8, 4) is 0 Å². The molecule has 0 heterocycles. The zero-order valence-electron chi connectivity index (χ0n) is 9.84. The van der Waals surface area contributed by atoms with E-state index >= 15 is 0 Å². The number of nitrogens with zero attached hydrogens (tertiary/aromatic N) is 1. The first-order chi connectivity index (χ1) is 6.90. The van der Waals surface area contributed by atoms with E-state index < -0.39 is 0 Å². The number of anilines is 2. The first kappa shape index (κ1) is 12.2. The molecular weight excluding hydrogens is 208 g/mol. The van der Waals surface area contributed by atoms with Gasteiger partial charge in [0, 0.05) is 12.6 Å². The largest absolute Gasteiger partial charge is 0.396 e. The Morgan fingerprint density at radius 3 is 2.53 bits per heavy atom. The summed E-state index contributed by atoms with van der Waals surface area (Å²) in [5.74, 6) is 0. The average molecular weight is 227 g/mol. The standard InChI is InChI=1S/C12H19ClN2/c1-5-12(2,3)15(4)10-8-6-7-9(13)11(10)14/h6-8H,5,14H2,1-4H3. The minimum absolute atomic E-state index is 0.0821. The van der Waals surface area contributed by atoms with Crippen LogP contribution in [0.1, 0.15) is 27.2 Å². The number of rotatable bonds is 3. The Balaban J connectivity index is 3.12. The van der Waals surface area contributed by atoms with Gasteiger partial charge in [-0.05, 0) is 32.4 Å². The molecule has 1 aromatic carbocycles. The van der Waals surface area contributed by atoms with Crippen LogP contribution in [0, 0.1) is 0 Å². The normalized spacial score (nSPS) is 11.5. The Bertz CT molecular complexity index is 347. The van der Waals surface area contributed by atoms with E-state index in [1.165, 1.54) is 0 Å². The zero-order valence-corrected chi connectivity index (χ0v) is 10.6. The predicted octanol–water partition coefficient (Wildman–Crippen LogP) is 3.55. The van der Waals surface area contributed by atoms with Gasteiger partial charge >= 0.3 is 0 Å². The molecule has 0 amide bonds. The lowest BCUT2D eigenvalue weighted by atomic mass is 9.99. The third-order valence-electron chi connectivity index (χ3n) is 3.16. The fourth-order valence-corrected chi connectivity index (χ4v) is 1.55. The maximum absolute atomic E-state index is 6.00. The van der Waals surface area contributed by atoms with E-state index in [-0.39, 0.29) is 5.54 Å². The van der Waals surface area contributed by atoms with Crippen LogP contribution in [0.15, 0.2) is 18.2 Å². The van der Waals surface area contributed by atoms with Crippen molar-refractivity contribution in [2.24, 2.45) is 0 Å². The molecule has 0 unspecified atom stereocenters. The van der Waals surface area contributed by atoms with E-state index in [4.69, 9.17) is 17.3 Å². The Morgan fingerprint density at radius 2 is 2.00 bits per heavy atom. The quantitative estimate of drug-likeness (QED) is 0.799.